The molecule has 8 nitrogen and oxygen atoms in total. The highest BCUT2D eigenvalue weighted by molar-refractivity contribution is 5.40. The SMILES string of the molecule is NNc1cc(Oc2ccc([N+](=O)[O-])cc2)ncn1. The van der Waals surface area contributed by atoms with E-state index in [1.807, 2.05) is 0 Å². The largest absolute Gasteiger partial charge is 0.439 e. The zero-order valence-corrected chi connectivity index (χ0v) is 9.11. The van der Waals surface area contributed by atoms with Crippen molar-refractivity contribution in [1.82, 2.24) is 9.97 Å². The number of nitrogens with zero attached hydrogens (tertiary/aromatic N) is 3. The molecule has 0 amide bonds. The van der Waals surface area contributed by atoms with Crippen LogP contribution in [0.1, 0.15) is 0 Å². The van der Waals surface area contributed by atoms with E-state index in [9.17, 15) is 10.1 Å². The van der Waals surface area contributed by atoms with E-state index in [0.717, 1.165) is 0 Å². The van der Waals surface area contributed by atoms with Crippen molar-refractivity contribution in [3.63, 3.8) is 0 Å². The lowest BCUT2D eigenvalue weighted by molar-refractivity contribution is -0.384. The van der Waals surface area contributed by atoms with Gasteiger partial charge in [0.25, 0.3) is 5.69 Å². The summed E-state index contributed by atoms with van der Waals surface area (Å²) in [5.74, 6) is 6.32. The molecular formula is C10H9N5O3. The quantitative estimate of drug-likeness (QED) is 0.477. The minimum Gasteiger partial charge on any atom is -0.439 e. The summed E-state index contributed by atoms with van der Waals surface area (Å²) in [5, 5.41) is 10.5. The van der Waals surface area contributed by atoms with Gasteiger partial charge in [-0.25, -0.2) is 15.8 Å². The van der Waals surface area contributed by atoms with E-state index in [1.54, 1.807) is 0 Å². The Kier molecular flexibility index (Phi) is 3.30. The van der Waals surface area contributed by atoms with Crippen LogP contribution in [0.4, 0.5) is 11.5 Å². The molecule has 0 spiro atoms. The van der Waals surface area contributed by atoms with Crippen molar-refractivity contribution in [2.45, 2.75) is 0 Å². The first-order chi connectivity index (χ1) is 8.69. The monoisotopic (exact) mass is 247 g/mol. The van der Waals surface area contributed by atoms with Crippen LogP contribution >= 0.6 is 0 Å². The first-order valence-corrected chi connectivity index (χ1v) is 4.90. The minimum absolute atomic E-state index is 0.00523. The third-order valence-corrected chi connectivity index (χ3v) is 2.06. The number of ether oxygens (including phenoxy) is 1. The van der Waals surface area contributed by atoms with E-state index >= 15 is 0 Å². The van der Waals surface area contributed by atoms with Gasteiger partial charge in [-0.05, 0) is 12.1 Å². The first kappa shape index (κ1) is 11.7. The first-order valence-electron chi connectivity index (χ1n) is 4.90. The van der Waals surface area contributed by atoms with Crippen molar-refractivity contribution >= 4 is 11.5 Å². The highest BCUT2D eigenvalue weighted by Crippen LogP contribution is 2.22. The smallest absolute Gasteiger partial charge is 0.269 e. The third kappa shape index (κ3) is 2.68. The fourth-order valence-electron chi connectivity index (χ4n) is 1.23. The van der Waals surface area contributed by atoms with Crippen LogP contribution in [0.5, 0.6) is 11.6 Å². The maximum atomic E-state index is 10.5. The Balaban J connectivity index is 2.15. The molecule has 92 valence electrons. The van der Waals surface area contributed by atoms with Crippen LogP contribution in [-0.4, -0.2) is 14.9 Å². The van der Waals surface area contributed by atoms with Gasteiger partial charge in [0.05, 0.1) is 4.92 Å². The number of anilines is 1. The molecule has 0 atom stereocenters. The topological polar surface area (TPSA) is 116 Å². The Morgan fingerprint density at radius 3 is 2.61 bits per heavy atom. The molecule has 0 radical (unpaired) electrons. The molecule has 1 aromatic carbocycles. The van der Waals surface area contributed by atoms with Crippen molar-refractivity contribution in [2.24, 2.45) is 5.84 Å². The lowest BCUT2D eigenvalue weighted by Gasteiger charge is -2.05. The summed E-state index contributed by atoms with van der Waals surface area (Å²) in [6.45, 7) is 0. The third-order valence-electron chi connectivity index (χ3n) is 2.06. The van der Waals surface area contributed by atoms with E-state index in [2.05, 4.69) is 15.4 Å². The molecule has 18 heavy (non-hydrogen) atoms. The Morgan fingerprint density at radius 1 is 1.28 bits per heavy atom. The van der Waals surface area contributed by atoms with Crippen molar-refractivity contribution in [2.75, 3.05) is 5.43 Å². The molecule has 2 rings (SSSR count). The number of nitro groups is 1. The van der Waals surface area contributed by atoms with Crippen LogP contribution in [0.2, 0.25) is 0 Å². The van der Waals surface area contributed by atoms with Crippen LogP contribution < -0.4 is 16.0 Å². The van der Waals surface area contributed by atoms with E-state index in [1.165, 1.54) is 36.7 Å². The molecule has 0 aliphatic heterocycles. The Hall–Kier alpha value is -2.74. The van der Waals surface area contributed by atoms with E-state index in [4.69, 9.17) is 10.6 Å². The molecule has 2 aromatic rings. The number of rotatable bonds is 4. The normalized spacial score (nSPS) is 9.83. The summed E-state index contributed by atoms with van der Waals surface area (Å²) in [7, 11) is 0. The molecule has 1 heterocycles. The van der Waals surface area contributed by atoms with Gasteiger partial charge < -0.3 is 10.2 Å². The number of non-ortho nitro benzene ring substituents is 1. The molecule has 0 fully saturated rings. The van der Waals surface area contributed by atoms with E-state index in [-0.39, 0.29) is 11.6 Å². The average molecular weight is 247 g/mol. The van der Waals surface area contributed by atoms with Gasteiger partial charge >= 0.3 is 0 Å². The standard InChI is InChI=1S/C10H9N5O3/c11-14-9-5-10(13-6-12-9)18-8-3-1-7(2-4-8)15(16)17/h1-6H,11H2,(H,12,13,14). The molecule has 0 unspecified atom stereocenters. The number of hydrazine groups is 1. The van der Waals surface area contributed by atoms with Crippen LogP contribution in [0, 0.1) is 10.1 Å². The highest BCUT2D eigenvalue weighted by atomic mass is 16.6. The van der Waals surface area contributed by atoms with Crippen molar-refractivity contribution in [3.8, 4) is 11.6 Å². The Morgan fingerprint density at radius 2 is 2.00 bits per heavy atom. The highest BCUT2D eigenvalue weighted by Gasteiger charge is 2.06. The van der Waals surface area contributed by atoms with Gasteiger partial charge in [0.2, 0.25) is 5.88 Å². The van der Waals surface area contributed by atoms with Crippen LogP contribution in [0.3, 0.4) is 0 Å². The molecule has 0 bridgehead atoms. The van der Waals surface area contributed by atoms with Crippen LogP contribution in [0.25, 0.3) is 0 Å². The summed E-state index contributed by atoms with van der Waals surface area (Å²) in [6, 6.07) is 7.16. The molecule has 3 N–H and O–H groups in total. The molecular weight excluding hydrogens is 238 g/mol. The molecule has 8 heteroatoms. The van der Waals surface area contributed by atoms with Crippen LogP contribution in [-0.2, 0) is 0 Å². The summed E-state index contributed by atoms with van der Waals surface area (Å²) in [6.07, 6.45) is 1.29. The number of benzene rings is 1. The number of nitrogens with one attached hydrogen (secondary N) is 1. The summed E-state index contributed by atoms with van der Waals surface area (Å²) in [5.41, 5.74) is 2.35. The van der Waals surface area contributed by atoms with E-state index < -0.39 is 4.92 Å². The molecule has 0 saturated heterocycles. The van der Waals surface area contributed by atoms with Gasteiger partial charge in [-0.3, -0.25) is 10.1 Å². The summed E-state index contributed by atoms with van der Waals surface area (Å²) >= 11 is 0. The maximum Gasteiger partial charge on any atom is 0.269 e. The van der Waals surface area contributed by atoms with Crippen LogP contribution in [0.15, 0.2) is 36.7 Å². The van der Waals surface area contributed by atoms with Gasteiger partial charge in [-0.1, -0.05) is 0 Å². The van der Waals surface area contributed by atoms with Gasteiger partial charge in [-0.2, -0.15) is 0 Å². The number of nitrogen functional groups attached to an aromatic ring is 1. The lowest BCUT2D eigenvalue weighted by Crippen LogP contribution is -2.08. The van der Waals surface area contributed by atoms with Gasteiger partial charge in [0.1, 0.15) is 17.9 Å². The number of nitro benzene ring substituents is 1. The fourth-order valence-corrected chi connectivity index (χ4v) is 1.23. The number of hydrogen-bond donors (Lipinski definition) is 2. The zero-order valence-electron chi connectivity index (χ0n) is 9.11. The van der Waals surface area contributed by atoms with Crippen molar-refractivity contribution < 1.29 is 9.66 Å². The number of nitrogens with two attached hydrogens (primary N) is 1. The van der Waals surface area contributed by atoms with Gasteiger partial charge in [0, 0.05) is 18.2 Å². The second-order valence-electron chi connectivity index (χ2n) is 3.24. The second kappa shape index (κ2) is 5.06. The van der Waals surface area contributed by atoms with Gasteiger partial charge in [-0.15, -0.1) is 0 Å². The molecule has 1 aromatic heterocycles. The zero-order chi connectivity index (χ0) is 13.0. The number of hydrogen-bond acceptors (Lipinski definition) is 7. The molecule has 0 saturated carbocycles. The van der Waals surface area contributed by atoms with Crippen molar-refractivity contribution in [1.29, 1.82) is 0 Å². The second-order valence-corrected chi connectivity index (χ2v) is 3.24. The molecule has 0 aliphatic carbocycles. The summed E-state index contributed by atoms with van der Waals surface area (Å²) in [4.78, 5) is 17.7. The Bertz CT molecular complexity index is 558. The average Bonchev–Trinajstić information content (AvgIpc) is 2.39. The maximum absolute atomic E-state index is 10.5. The van der Waals surface area contributed by atoms with E-state index in [0.29, 0.717) is 11.6 Å². The fraction of sp³-hybridized carbons (Fsp3) is 0. The summed E-state index contributed by atoms with van der Waals surface area (Å²) < 4.78 is 5.39. The predicted molar refractivity (Wildman–Crippen MR) is 63.0 cm³/mol. The lowest BCUT2D eigenvalue weighted by atomic mass is 10.3. The predicted octanol–water partition coefficient (Wildman–Crippen LogP) is 1.46. The minimum atomic E-state index is -0.481. The Labute approximate surface area is 102 Å². The number of aromatic nitrogens is 2. The van der Waals surface area contributed by atoms with Crippen molar-refractivity contribution in [3.05, 3.63) is 46.8 Å². The van der Waals surface area contributed by atoms with Gasteiger partial charge in [0.15, 0.2) is 0 Å². The molecule has 0 aliphatic rings.